The number of para-hydroxylation sites is 1. The summed E-state index contributed by atoms with van der Waals surface area (Å²) in [6, 6.07) is 17.5. The molecule has 0 bridgehead atoms. The van der Waals surface area contributed by atoms with E-state index in [0.29, 0.717) is 26.4 Å². The van der Waals surface area contributed by atoms with Crippen LogP contribution in [0.15, 0.2) is 66.2 Å². The van der Waals surface area contributed by atoms with Crippen LogP contribution in [0.4, 0.5) is 10.1 Å². The van der Waals surface area contributed by atoms with E-state index in [2.05, 4.69) is 5.32 Å². The molecule has 0 radical (unpaired) electrons. The highest BCUT2D eigenvalue weighted by atomic mass is 35.5. The molecule has 156 valence electrons. The number of nitriles is 1. The first-order chi connectivity index (χ1) is 14.9. The van der Waals surface area contributed by atoms with E-state index in [9.17, 15) is 14.4 Å². The van der Waals surface area contributed by atoms with Gasteiger partial charge in [-0.25, -0.2) is 4.39 Å². The van der Waals surface area contributed by atoms with Crippen LogP contribution < -0.4 is 10.1 Å². The molecule has 0 aromatic heterocycles. The van der Waals surface area contributed by atoms with Crippen LogP contribution in [0.5, 0.6) is 5.75 Å². The van der Waals surface area contributed by atoms with Crippen molar-refractivity contribution in [2.24, 2.45) is 0 Å². The fourth-order valence-electron chi connectivity index (χ4n) is 2.58. The van der Waals surface area contributed by atoms with Gasteiger partial charge in [0.1, 0.15) is 29.8 Å². The van der Waals surface area contributed by atoms with Crippen molar-refractivity contribution in [3.8, 4) is 11.8 Å². The third kappa shape index (κ3) is 5.99. The second kappa shape index (κ2) is 10.3. The molecule has 1 amide bonds. The number of nitrogens with zero attached hydrogens (tertiary/aromatic N) is 1. The standard InChI is InChI=1S/C23H14Cl3FN2O2/c24-17-7-5-15(11-18(17)25)13-31-22-8-6-14(10-19(22)26)9-16(12-28)23(30)29-21-4-2-1-3-20(21)27/h1-11H,13H2,(H,29,30)/b16-9+. The Morgan fingerprint density at radius 2 is 1.81 bits per heavy atom. The lowest BCUT2D eigenvalue weighted by atomic mass is 10.1. The van der Waals surface area contributed by atoms with Gasteiger partial charge in [0.25, 0.3) is 5.91 Å². The van der Waals surface area contributed by atoms with Gasteiger partial charge in [-0.3, -0.25) is 4.79 Å². The first-order valence-corrected chi connectivity index (χ1v) is 10.0. The summed E-state index contributed by atoms with van der Waals surface area (Å²) in [4.78, 5) is 12.3. The van der Waals surface area contributed by atoms with Crippen molar-refractivity contribution in [1.29, 1.82) is 5.26 Å². The minimum Gasteiger partial charge on any atom is -0.487 e. The number of rotatable bonds is 6. The van der Waals surface area contributed by atoms with Gasteiger partial charge < -0.3 is 10.1 Å². The maximum absolute atomic E-state index is 13.7. The summed E-state index contributed by atoms with van der Waals surface area (Å²) in [5, 5.41) is 12.9. The summed E-state index contributed by atoms with van der Waals surface area (Å²) in [7, 11) is 0. The molecule has 3 rings (SSSR count). The minimum atomic E-state index is -0.733. The van der Waals surface area contributed by atoms with Crippen molar-refractivity contribution in [1.82, 2.24) is 0 Å². The van der Waals surface area contributed by atoms with Gasteiger partial charge in [-0.1, -0.05) is 59.1 Å². The summed E-state index contributed by atoms with van der Waals surface area (Å²) < 4.78 is 19.4. The number of benzene rings is 3. The van der Waals surface area contributed by atoms with Gasteiger partial charge in [0.15, 0.2) is 0 Å². The van der Waals surface area contributed by atoms with E-state index in [1.807, 2.05) is 6.07 Å². The number of halogens is 4. The zero-order valence-electron chi connectivity index (χ0n) is 15.8. The SMILES string of the molecule is N#C/C(=C\c1ccc(OCc2ccc(Cl)c(Cl)c2)c(Cl)c1)C(=O)Nc1ccccc1F. The topological polar surface area (TPSA) is 62.1 Å². The number of amides is 1. The summed E-state index contributed by atoms with van der Waals surface area (Å²) in [5.74, 6) is -0.914. The third-order valence-corrected chi connectivity index (χ3v) is 5.17. The summed E-state index contributed by atoms with van der Waals surface area (Å²) in [6.07, 6.45) is 1.35. The Balaban J connectivity index is 1.72. The third-order valence-electron chi connectivity index (χ3n) is 4.13. The van der Waals surface area contributed by atoms with Gasteiger partial charge in [0, 0.05) is 0 Å². The van der Waals surface area contributed by atoms with E-state index in [4.69, 9.17) is 39.5 Å². The number of carbonyl (C=O) groups is 1. The molecule has 0 unspecified atom stereocenters. The molecule has 0 fully saturated rings. The highest BCUT2D eigenvalue weighted by Gasteiger charge is 2.12. The van der Waals surface area contributed by atoms with Crippen LogP contribution in [-0.4, -0.2) is 5.91 Å². The highest BCUT2D eigenvalue weighted by Crippen LogP contribution is 2.28. The molecule has 4 nitrogen and oxygen atoms in total. The van der Waals surface area contributed by atoms with E-state index in [1.54, 1.807) is 42.5 Å². The summed E-state index contributed by atoms with van der Waals surface area (Å²) >= 11 is 18.2. The molecule has 0 aliphatic rings. The molecule has 0 saturated heterocycles. The van der Waals surface area contributed by atoms with Gasteiger partial charge in [-0.05, 0) is 53.6 Å². The maximum atomic E-state index is 13.7. The average Bonchev–Trinajstić information content (AvgIpc) is 2.75. The number of hydrogen-bond donors (Lipinski definition) is 1. The van der Waals surface area contributed by atoms with Crippen molar-refractivity contribution in [3.05, 3.63) is 98.2 Å². The highest BCUT2D eigenvalue weighted by molar-refractivity contribution is 6.42. The van der Waals surface area contributed by atoms with Crippen LogP contribution in [0, 0.1) is 17.1 Å². The van der Waals surface area contributed by atoms with Crippen LogP contribution in [-0.2, 0) is 11.4 Å². The van der Waals surface area contributed by atoms with Crippen molar-refractivity contribution in [2.75, 3.05) is 5.32 Å². The molecule has 0 atom stereocenters. The lowest BCUT2D eigenvalue weighted by Gasteiger charge is -2.10. The van der Waals surface area contributed by atoms with Crippen LogP contribution in [0.25, 0.3) is 6.08 Å². The van der Waals surface area contributed by atoms with Crippen LogP contribution in [0.1, 0.15) is 11.1 Å². The van der Waals surface area contributed by atoms with Crippen LogP contribution in [0.2, 0.25) is 15.1 Å². The lowest BCUT2D eigenvalue weighted by molar-refractivity contribution is -0.112. The Labute approximate surface area is 193 Å². The lowest BCUT2D eigenvalue weighted by Crippen LogP contribution is -2.14. The molecule has 0 aliphatic carbocycles. The molecule has 0 aliphatic heterocycles. The number of hydrogen-bond acceptors (Lipinski definition) is 3. The largest absolute Gasteiger partial charge is 0.487 e. The van der Waals surface area contributed by atoms with Gasteiger partial charge in [0.2, 0.25) is 0 Å². The van der Waals surface area contributed by atoms with Gasteiger partial charge in [-0.15, -0.1) is 0 Å². The number of anilines is 1. The Kier molecular flexibility index (Phi) is 7.54. The van der Waals surface area contributed by atoms with Gasteiger partial charge in [0.05, 0.1) is 20.8 Å². The fourth-order valence-corrected chi connectivity index (χ4v) is 3.15. The number of ether oxygens (including phenoxy) is 1. The molecule has 1 N–H and O–H groups in total. The first-order valence-electron chi connectivity index (χ1n) is 8.91. The zero-order chi connectivity index (χ0) is 22.4. The van der Waals surface area contributed by atoms with Gasteiger partial charge in [-0.2, -0.15) is 5.26 Å². The van der Waals surface area contributed by atoms with Crippen molar-refractivity contribution in [2.45, 2.75) is 6.61 Å². The molecular formula is C23H14Cl3FN2O2. The quantitative estimate of drug-likeness (QED) is 0.311. The Bertz CT molecular complexity index is 1210. The van der Waals surface area contributed by atoms with E-state index in [-0.39, 0.29) is 17.9 Å². The van der Waals surface area contributed by atoms with Crippen molar-refractivity contribution >= 4 is 52.5 Å². The molecule has 0 heterocycles. The summed E-state index contributed by atoms with van der Waals surface area (Å²) in [5.41, 5.74) is 1.10. The first kappa shape index (κ1) is 22.6. The van der Waals surface area contributed by atoms with Crippen LogP contribution in [0.3, 0.4) is 0 Å². The van der Waals surface area contributed by atoms with E-state index in [0.717, 1.165) is 5.56 Å². The smallest absolute Gasteiger partial charge is 0.266 e. The molecule has 3 aromatic carbocycles. The molecular weight excluding hydrogens is 462 g/mol. The predicted octanol–water partition coefficient (Wildman–Crippen LogP) is 6.91. The number of nitrogens with one attached hydrogen (secondary N) is 1. The van der Waals surface area contributed by atoms with Crippen molar-refractivity contribution in [3.63, 3.8) is 0 Å². The monoisotopic (exact) mass is 474 g/mol. The second-order valence-corrected chi connectivity index (χ2v) is 7.55. The average molecular weight is 476 g/mol. The molecule has 8 heteroatoms. The molecule has 0 saturated carbocycles. The molecule has 31 heavy (non-hydrogen) atoms. The second-order valence-electron chi connectivity index (χ2n) is 6.33. The Morgan fingerprint density at radius 3 is 2.48 bits per heavy atom. The summed E-state index contributed by atoms with van der Waals surface area (Å²) in [6.45, 7) is 0.223. The zero-order valence-corrected chi connectivity index (χ0v) is 18.1. The van der Waals surface area contributed by atoms with Gasteiger partial charge >= 0.3 is 0 Å². The number of carbonyl (C=O) groups excluding carboxylic acids is 1. The van der Waals surface area contributed by atoms with E-state index < -0.39 is 11.7 Å². The fraction of sp³-hybridized carbons (Fsp3) is 0.0435. The van der Waals surface area contributed by atoms with Crippen LogP contribution >= 0.6 is 34.8 Å². The Morgan fingerprint density at radius 1 is 1.03 bits per heavy atom. The molecule has 0 spiro atoms. The minimum absolute atomic E-state index is 0.0160. The Hall–Kier alpha value is -3.04. The van der Waals surface area contributed by atoms with E-state index >= 15 is 0 Å². The predicted molar refractivity (Wildman–Crippen MR) is 121 cm³/mol. The molecule has 3 aromatic rings. The van der Waals surface area contributed by atoms with Crippen molar-refractivity contribution < 1.29 is 13.9 Å². The maximum Gasteiger partial charge on any atom is 0.266 e. The van der Waals surface area contributed by atoms with E-state index in [1.165, 1.54) is 24.3 Å². The normalized spacial score (nSPS) is 11.0.